The molecule has 0 unspecified atom stereocenters. The van der Waals surface area contributed by atoms with E-state index < -0.39 is 17.5 Å². The molecular weight excluding hydrogens is 492 g/mol. The fraction of sp³-hybridized carbons (Fsp3) is 0.185. The molecule has 0 bridgehead atoms. The summed E-state index contributed by atoms with van der Waals surface area (Å²) < 4.78 is 5.25. The Hall–Kier alpha value is -4.31. The van der Waals surface area contributed by atoms with Crippen molar-refractivity contribution in [1.82, 2.24) is 15.5 Å². The second kappa shape index (κ2) is 8.67. The van der Waals surface area contributed by atoms with E-state index in [9.17, 15) is 19.2 Å². The van der Waals surface area contributed by atoms with Crippen molar-refractivity contribution < 1.29 is 23.9 Å². The lowest BCUT2D eigenvalue weighted by Crippen LogP contribution is -2.52. The van der Waals surface area contributed by atoms with E-state index in [-0.39, 0.29) is 18.4 Å². The summed E-state index contributed by atoms with van der Waals surface area (Å²) in [6, 6.07) is 17.8. The maximum atomic E-state index is 13.2. The van der Waals surface area contributed by atoms with Gasteiger partial charge in [-0.15, -0.1) is 11.8 Å². The van der Waals surface area contributed by atoms with Gasteiger partial charge in [0.25, 0.3) is 11.8 Å². The number of methoxy groups -OCH3 is 1. The summed E-state index contributed by atoms with van der Waals surface area (Å²) in [4.78, 5) is 53.0. The molecule has 186 valence electrons. The molecule has 3 N–H and O–H groups in total. The van der Waals surface area contributed by atoms with E-state index in [1.54, 1.807) is 29.2 Å². The first-order valence-electron chi connectivity index (χ1n) is 11.6. The number of anilines is 1. The van der Waals surface area contributed by atoms with Crippen LogP contribution in [0.1, 0.15) is 21.5 Å². The number of carbonyl (C=O) groups excluding carboxylic acids is 4. The summed E-state index contributed by atoms with van der Waals surface area (Å²) in [5, 5.41) is 8.01. The van der Waals surface area contributed by atoms with Crippen molar-refractivity contribution in [2.24, 2.45) is 0 Å². The molecule has 3 aromatic rings. The van der Waals surface area contributed by atoms with Gasteiger partial charge in [0.05, 0.1) is 25.1 Å². The van der Waals surface area contributed by atoms with Crippen LogP contribution in [0.5, 0.6) is 5.75 Å². The lowest BCUT2D eigenvalue weighted by atomic mass is 9.88. The van der Waals surface area contributed by atoms with E-state index in [2.05, 4.69) is 16.0 Å². The van der Waals surface area contributed by atoms with Crippen LogP contribution in [0, 0.1) is 0 Å². The topological polar surface area (TPSA) is 117 Å². The fourth-order valence-electron chi connectivity index (χ4n) is 5.06. The average Bonchev–Trinajstić information content (AvgIpc) is 3.37. The van der Waals surface area contributed by atoms with Crippen LogP contribution in [-0.4, -0.2) is 48.1 Å². The molecule has 1 atom stereocenters. The molecule has 0 radical (unpaired) electrons. The highest BCUT2D eigenvalue weighted by atomic mass is 32.2. The Balaban J connectivity index is 1.33. The fourth-order valence-corrected chi connectivity index (χ4v) is 6.02. The normalized spacial score (nSPS) is 20.2. The number of hydrogen-bond donors (Lipinski definition) is 3. The van der Waals surface area contributed by atoms with E-state index in [4.69, 9.17) is 4.74 Å². The number of nitrogens with zero attached hydrogens (tertiary/aromatic N) is 1. The van der Waals surface area contributed by atoms with Crippen molar-refractivity contribution in [3.05, 3.63) is 77.4 Å². The molecule has 0 aromatic heterocycles. The van der Waals surface area contributed by atoms with Crippen LogP contribution in [0.4, 0.5) is 10.5 Å². The summed E-state index contributed by atoms with van der Waals surface area (Å²) >= 11 is 1.48. The van der Waals surface area contributed by atoms with Gasteiger partial charge in [-0.2, -0.15) is 0 Å². The molecule has 3 aromatic carbocycles. The molecule has 0 saturated carbocycles. The first kappa shape index (κ1) is 23.1. The number of ether oxygens (including phenoxy) is 1. The van der Waals surface area contributed by atoms with E-state index >= 15 is 0 Å². The Morgan fingerprint density at radius 1 is 0.973 bits per heavy atom. The van der Waals surface area contributed by atoms with Gasteiger partial charge in [0.15, 0.2) is 5.54 Å². The molecule has 5 amide bonds. The molecule has 3 aliphatic heterocycles. The van der Waals surface area contributed by atoms with E-state index in [1.807, 2.05) is 36.4 Å². The predicted octanol–water partition coefficient (Wildman–Crippen LogP) is 3.10. The van der Waals surface area contributed by atoms with Gasteiger partial charge in [0, 0.05) is 17.0 Å². The van der Waals surface area contributed by atoms with Gasteiger partial charge in [-0.1, -0.05) is 42.5 Å². The summed E-state index contributed by atoms with van der Waals surface area (Å²) in [5.41, 5.74) is 3.11. The van der Waals surface area contributed by atoms with Gasteiger partial charge in [-0.3, -0.25) is 19.7 Å². The predicted molar refractivity (Wildman–Crippen MR) is 137 cm³/mol. The van der Waals surface area contributed by atoms with Crippen LogP contribution in [0.2, 0.25) is 0 Å². The summed E-state index contributed by atoms with van der Waals surface area (Å²) in [6.45, 7) is 0.294. The molecule has 0 spiro atoms. The molecule has 6 rings (SSSR count). The Kier molecular flexibility index (Phi) is 5.41. The van der Waals surface area contributed by atoms with Gasteiger partial charge >= 0.3 is 6.03 Å². The standard InChI is InChI=1S/C27H22N4O5S/c1-36-18-10-7-16-12-31(24(33)20(16)11-18)14-27(25(34)29-26(35)30-27)17-8-5-15(6-9-17)19-3-2-4-21-23(19)37-13-22(32)28-21/h2-11H,12-14H2,1H3,(H,28,32)(H2,29,30,34,35)/t27-/m0/s1. The second-order valence-corrected chi connectivity index (χ2v) is 10.1. The Bertz CT molecular complexity index is 1490. The number of fused-ring (bicyclic) bond motifs is 2. The highest BCUT2D eigenvalue weighted by molar-refractivity contribution is 8.00. The number of benzene rings is 3. The number of rotatable bonds is 5. The maximum absolute atomic E-state index is 13.2. The quantitative estimate of drug-likeness (QED) is 0.451. The minimum absolute atomic E-state index is 0.0254. The zero-order valence-electron chi connectivity index (χ0n) is 19.8. The first-order valence-corrected chi connectivity index (χ1v) is 12.6. The number of imide groups is 1. The molecule has 1 saturated heterocycles. The van der Waals surface area contributed by atoms with Crippen LogP contribution in [-0.2, 0) is 21.7 Å². The summed E-state index contributed by atoms with van der Waals surface area (Å²) in [7, 11) is 1.54. The third-order valence-electron chi connectivity index (χ3n) is 6.89. The van der Waals surface area contributed by atoms with Crippen LogP contribution >= 0.6 is 11.8 Å². The lowest BCUT2D eigenvalue weighted by Gasteiger charge is -2.31. The highest BCUT2D eigenvalue weighted by Gasteiger charge is 2.50. The molecule has 0 aliphatic carbocycles. The number of hydrogen-bond acceptors (Lipinski definition) is 6. The summed E-state index contributed by atoms with van der Waals surface area (Å²) in [5.74, 6) is 0.143. The third kappa shape index (κ3) is 3.80. The number of carbonyl (C=O) groups is 4. The number of thioether (sulfide) groups is 1. The van der Waals surface area contributed by atoms with Crippen molar-refractivity contribution in [3.8, 4) is 16.9 Å². The molecule has 37 heavy (non-hydrogen) atoms. The molecule has 3 heterocycles. The van der Waals surface area contributed by atoms with Crippen molar-refractivity contribution in [2.75, 3.05) is 24.7 Å². The van der Waals surface area contributed by atoms with Crippen LogP contribution in [0.15, 0.2) is 65.6 Å². The number of nitrogens with one attached hydrogen (secondary N) is 3. The van der Waals surface area contributed by atoms with Crippen molar-refractivity contribution >= 4 is 41.2 Å². The largest absolute Gasteiger partial charge is 0.497 e. The lowest BCUT2D eigenvalue weighted by molar-refractivity contribution is -0.124. The van der Waals surface area contributed by atoms with Gasteiger partial charge in [0.2, 0.25) is 5.91 Å². The van der Waals surface area contributed by atoms with Crippen molar-refractivity contribution in [3.63, 3.8) is 0 Å². The van der Waals surface area contributed by atoms with Crippen molar-refractivity contribution in [1.29, 1.82) is 0 Å². The Morgan fingerprint density at radius 2 is 1.78 bits per heavy atom. The highest BCUT2D eigenvalue weighted by Crippen LogP contribution is 2.40. The molecular formula is C27H22N4O5S. The number of amides is 5. The zero-order valence-corrected chi connectivity index (χ0v) is 20.6. The maximum Gasteiger partial charge on any atom is 0.322 e. The Labute approximate surface area is 216 Å². The van der Waals surface area contributed by atoms with Crippen LogP contribution < -0.4 is 20.7 Å². The first-order chi connectivity index (χ1) is 17.9. The second-order valence-electron chi connectivity index (χ2n) is 9.09. The minimum atomic E-state index is -1.43. The molecule has 10 heteroatoms. The molecule has 1 fully saturated rings. The average molecular weight is 515 g/mol. The van der Waals surface area contributed by atoms with Crippen LogP contribution in [0.25, 0.3) is 11.1 Å². The SMILES string of the molecule is COc1ccc2c(c1)C(=O)N(C[C@@]1(c3ccc(-c4cccc5c4SCC(=O)N5)cc3)NC(=O)NC1=O)C2. The Morgan fingerprint density at radius 3 is 2.51 bits per heavy atom. The number of urea groups is 1. The van der Waals surface area contributed by atoms with Gasteiger partial charge in [0.1, 0.15) is 5.75 Å². The minimum Gasteiger partial charge on any atom is -0.497 e. The van der Waals surface area contributed by atoms with E-state index in [1.165, 1.54) is 18.9 Å². The van der Waals surface area contributed by atoms with E-state index in [0.717, 1.165) is 27.3 Å². The smallest absolute Gasteiger partial charge is 0.322 e. The zero-order chi connectivity index (χ0) is 25.7. The monoisotopic (exact) mass is 514 g/mol. The molecule has 3 aliphatic rings. The van der Waals surface area contributed by atoms with E-state index in [0.29, 0.717) is 29.2 Å². The van der Waals surface area contributed by atoms with Crippen molar-refractivity contribution in [2.45, 2.75) is 17.0 Å². The summed E-state index contributed by atoms with van der Waals surface area (Å²) in [6.07, 6.45) is 0. The van der Waals surface area contributed by atoms with Gasteiger partial charge in [-0.05, 0) is 40.5 Å². The van der Waals surface area contributed by atoms with Gasteiger partial charge in [-0.25, -0.2) is 4.79 Å². The third-order valence-corrected chi connectivity index (χ3v) is 8.03. The van der Waals surface area contributed by atoms with Crippen LogP contribution in [0.3, 0.4) is 0 Å². The van der Waals surface area contributed by atoms with Gasteiger partial charge < -0.3 is 20.3 Å². The molecule has 9 nitrogen and oxygen atoms in total.